The van der Waals surface area contributed by atoms with Crippen LogP contribution in [0.15, 0.2) is 21.1 Å². The van der Waals surface area contributed by atoms with Gasteiger partial charge in [-0.15, -0.1) is 11.3 Å². The number of thiazole rings is 1. The van der Waals surface area contributed by atoms with Gasteiger partial charge < -0.3 is 0 Å². The molecule has 3 nitrogen and oxygen atoms in total. The van der Waals surface area contributed by atoms with Crippen molar-refractivity contribution in [3.05, 3.63) is 16.7 Å². The van der Waals surface area contributed by atoms with Crippen LogP contribution < -0.4 is 0 Å². The molecule has 0 aliphatic rings. The fourth-order valence-corrected chi connectivity index (χ4v) is 3.03. The lowest BCUT2D eigenvalue weighted by molar-refractivity contribution is 0.686. The van der Waals surface area contributed by atoms with E-state index in [2.05, 4.69) is 25.9 Å². The smallest absolute Gasteiger partial charge is 0.183 e. The molecule has 0 radical (unpaired) electrons. The van der Waals surface area contributed by atoms with E-state index in [1.807, 2.05) is 6.07 Å². The zero-order valence-electron chi connectivity index (χ0n) is 6.65. The van der Waals surface area contributed by atoms with E-state index >= 15 is 0 Å². The number of nitrogens with zero attached hydrogens (tertiary/aromatic N) is 2. The third-order valence-electron chi connectivity index (χ3n) is 1.44. The van der Waals surface area contributed by atoms with Gasteiger partial charge in [-0.25, -0.2) is 9.97 Å². The Balaban J connectivity index is 2.68. The van der Waals surface area contributed by atoms with E-state index < -0.39 is 10.8 Å². The van der Waals surface area contributed by atoms with E-state index in [1.54, 1.807) is 12.5 Å². The summed E-state index contributed by atoms with van der Waals surface area (Å²) in [7, 11) is -1.02. The highest BCUT2D eigenvalue weighted by atomic mass is 79.9. The first-order valence-electron chi connectivity index (χ1n) is 3.42. The van der Waals surface area contributed by atoms with Crippen molar-refractivity contribution in [2.75, 3.05) is 6.26 Å². The van der Waals surface area contributed by atoms with Gasteiger partial charge in [-0.2, -0.15) is 0 Å². The fourth-order valence-electron chi connectivity index (χ4n) is 0.899. The Hall–Kier alpha value is -0.330. The summed E-state index contributed by atoms with van der Waals surface area (Å²) in [6.45, 7) is 0. The summed E-state index contributed by atoms with van der Waals surface area (Å²) < 4.78 is 13.6. The van der Waals surface area contributed by atoms with Gasteiger partial charge in [0.15, 0.2) is 9.99 Å². The molecule has 2 aromatic rings. The van der Waals surface area contributed by atoms with Crippen LogP contribution in [0.2, 0.25) is 0 Å². The van der Waals surface area contributed by atoms with Crippen molar-refractivity contribution in [1.29, 1.82) is 0 Å². The van der Waals surface area contributed by atoms with E-state index in [0.29, 0.717) is 9.99 Å². The number of rotatable bonds is 1. The lowest BCUT2D eigenvalue weighted by Gasteiger charge is -1.86. The number of aromatic nitrogens is 2. The molecule has 13 heavy (non-hydrogen) atoms. The van der Waals surface area contributed by atoms with Crippen molar-refractivity contribution in [1.82, 2.24) is 9.97 Å². The van der Waals surface area contributed by atoms with Crippen molar-refractivity contribution in [3.8, 4) is 0 Å². The van der Waals surface area contributed by atoms with Crippen LogP contribution in [0.4, 0.5) is 0 Å². The molecule has 0 saturated heterocycles. The molecule has 1 unspecified atom stereocenters. The van der Waals surface area contributed by atoms with Crippen LogP contribution in [-0.2, 0) is 10.8 Å². The zero-order valence-corrected chi connectivity index (χ0v) is 9.87. The number of fused-ring (bicyclic) bond motifs is 1. The second-order valence-corrected chi connectivity index (χ2v) is 5.91. The third-order valence-corrected chi connectivity index (χ3v) is 4.20. The molecule has 0 aliphatic heterocycles. The fraction of sp³-hybridized carbons (Fsp3) is 0.143. The molecule has 68 valence electrons. The van der Waals surface area contributed by atoms with Gasteiger partial charge in [-0.1, -0.05) is 0 Å². The average molecular weight is 277 g/mol. The molecule has 0 spiro atoms. The Morgan fingerprint density at radius 3 is 3.08 bits per heavy atom. The predicted molar refractivity (Wildman–Crippen MR) is 57.4 cm³/mol. The summed E-state index contributed by atoms with van der Waals surface area (Å²) in [6.07, 6.45) is 3.30. The molecule has 0 N–H and O–H groups in total. The van der Waals surface area contributed by atoms with Crippen LogP contribution in [0, 0.1) is 0 Å². The molecule has 2 heterocycles. The minimum atomic E-state index is -1.02. The monoisotopic (exact) mass is 276 g/mol. The first-order chi connectivity index (χ1) is 6.16. The quantitative estimate of drug-likeness (QED) is 0.802. The molecular weight excluding hydrogens is 272 g/mol. The van der Waals surface area contributed by atoms with Crippen molar-refractivity contribution in [2.24, 2.45) is 0 Å². The Morgan fingerprint density at radius 1 is 1.62 bits per heavy atom. The summed E-state index contributed by atoms with van der Waals surface area (Å²) in [5, 5.41) is 0. The summed E-state index contributed by atoms with van der Waals surface area (Å²) in [6, 6.07) is 1.93. The van der Waals surface area contributed by atoms with E-state index in [-0.39, 0.29) is 0 Å². The van der Waals surface area contributed by atoms with Crippen molar-refractivity contribution in [3.63, 3.8) is 0 Å². The van der Waals surface area contributed by atoms with Crippen LogP contribution in [-0.4, -0.2) is 20.4 Å². The highest BCUT2D eigenvalue weighted by molar-refractivity contribution is 9.10. The van der Waals surface area contributed by atoms with Crippen LogP contribution in [0.25, 0.3) is 10.3 Å². The predicted octanol–water partition coefficient (Wildman–Crippen LogP) is 2.19. The van der Waals surface area contributed by atoms with Gasteiger partial charge in [0.2, 0.25) is 0 Å². The molecule has 0 saturated carbocycles. The highest BCUT2D eigenvalue weighted by Gasteiger charge is 2.07. The Kier molecular flexibility index (Phi) is 2.44. The van der Waals surface area contributed by atoms with Crippen LogP contribution in [0.1, 0.15) is 0 Å². The topological polar surface area (TPSA) is 42.9 Å². The molecule has 0 aromatic carbocycles. The van der Waals surface area contributed by atoms with E-state index in [9.17, 15) is 4.21 Å². The maximum atomic E-state index is 11.1. The molecule has 2 rings (SSSR count). The molecule has 0 fully saturated rings. The van der Waals surface area contributed by atoms with E-state index in [0.717, 1.165) is 9.17 Å². The zero-order chi connectivity index (χ0) is 9.42. The number of hydrogen-bond acceptors (Lipinski definition) is 4. The molecule has 0 amide bonds. The van der Waals surface area contributed by atoms with Gasteiger partial charge in [0.1, 0.15) is 0 Å². The molecule has 0 aliphatic carbocycles. The molecular formula is C7H5BrN2OS2. The van der Waals surface area contributed by atoms with Crippen LogP contribution in [0.5, 0.6) is 0 Å². The second-order valence-electron chi connectivity index (χ2n) is 2.41. The molecule has 0 bridgehead atoms. The molecule has 6 heteroatoms. The minimum absolute atomic E-state index is 0.626. The third kappa shape index (κ3) is 1.79. The van der Waals surface area contributed by atoms with Gasteiger partial charge in [-0.05, 0) is 22.0 Å². The standard InChI is InChI=1S/C7H5BrN2OS2/c1-13(11)7-10-6-5(12-7)2-4(8)3-9-6/h2-3H,1H3. The number of hydrogen-bond donors (Lipinski definition) is 0. The highest BCUT2D eigenvalue weighted by Crippen LogP contribution is 2.24. The summed E-state index contributed by atoms with van der Waals surface area (Å²) >= 11 is 4.73. The van der Waals surface area contributed by atoms with E-state index in [4.69, 9.17) is 0 Å². The molecule has 1 atom stereocenters. The Morgan fingerprint density at radius 2 is 2.38 bits per heavy atom. The van der Waals surface area contributed by atoms with Gasteiger partial charge in [0.25, 0.3) is 0 Å². The summed E-state index contributed by atoms with van der Waals surface area (Å²) in [4.78, 5) is 8.24. The average Bonchev–Trinajstić information content (AvgIpc) is 2.46. The maximum absolute atomic E-state index is 11.1. The minimum Gasteiger partial charge on any atom is -0.252 e. The summed E-state index contributed by atoms with van der Waals surface area (Å²) in [5.74, 6) is 0. The normalized spacial score (nSPS) is 13.4. The second kappa shape index (κ2) is 3.43. The lowest BCUT2D eigenvalue weighted by Crippen LogP contribution is -1.84. The van der Waals surface area contributed by atoms with Gasteiger partial charge in [-0.3, -0.25) is 4.21 Å². The van der Waals surface area contributed by atoms with Crippen molar-refractivity contribution < 1.29 is 4.21 Å². The van der Waals surface area contributed by atoms with E-state index in [1.165, 1.54) is 11.3 Å². The van der Waals surface area contributed by atoms with Gasteiger partial charge in [0.05, 0.1) is 15.5 Å². The SMILES string of the molecule is CS(=O)c1nc2ncc(Br)cc2s1. The maximum Gasteiger partial charge on any atom is 0.183 e. The largest absolute Gasteiger partial charge is 0.252 e. The number of pyridine rings is 1. The van der Waals surface area contributed by atoms with Crippen LogP contribution in [0.3, 0.4) is 0 Å². The van der Waals surface area contributed by atoms with Crippen molar-refractivity contribution in [2.45, 2.75) is 4.34 Å². The van der Waals surface area contributed by atoms with Crippen LogP contribution >= 0.6 is 27.3 Å². The van der Waals surface area contributed by atoms with Gasteiger partial charge in [0, 0.05) is 16.9 Å². The lowest BCUT2D eigenvalue weighted by atomic mass is 10.5. The first kappa shape index (κ1) is 9.23. The Bertz CT molecular complexity index is 482. The Labute approximate surface area is 89.8 Å². The summed E-state index contributed by atoms with van der Waals surface area (Å²) in [5.41, 5.74) is 0.665. The van der Waals surface area contributed by atoms with Crippen molar-refractivity contribution >= 4 is 48.4 Å². The number of halogens is 1. The molecule has 2 aromatic heterocycles. The van der Waals surface area contributed by atoms with Gasteiger partial charge >= 0.3 is 0 Å². The first-order valence-corrected chi connectivity index (χ1v) is 6.59.